The van der Waals surface area contributed by atoms with Crippen LogP contribution in [0.5, 0.6) is 5.75 Å². The lowest BCUT2D eigenvalue weighted by Crippen LogP contribution is -1.87. The van der Waals surface area contributed by atoms with Gasteiger partial charge in [0.1, 0.15) is 16.8 Å². The summed E-state index contributed by atoms with van der Waals surface area (Å²) in [7, 11) is 1.48. The molecule has 12 heavy (non-hydrogen) atoms. The fraction of sp³-hybridized carbons (Fsp3) is 0.125. The van der Waals surface area contributed by atoms with E-state index in [9.17, 15) is 0 Å². The number of hydrogen-bond acceptors (Lipinski definition) is 2. The number of ether oxygens (including phenoxy) is 1. The number of nitriles is 1. The summed E-state index contributed by atoms with van der Waals surface area (Å²) >= 11 is 11.5. The van der Waals surface area contributed by atoms with Gasteiger partial charge in [-0.25, -0.2) is 0 Å². The molecule has 0 fully saturated rings. The monoisotopic (exact) mass is 201 g/mol. The molecule has 0 atom stereocenters. The molecule has 0 unspecified atom stereocenters. The van der Waals surface area contributed by atoms with Gasteiger partial charge in [-0.05, 0) is 12.1 Å². The summed E-state index contributed by atoms with van der Waals surface area (Å²) in [6.07, 6.45) is 0. The van der Waals surface area contributed by atoms with Crippen molar-refractivity contribution >= 4 is 23.2 Å². The lowest BCUT2D eigenvalue weighted by atomic mass is 10.2. The van der Waals surface area contributed by atoms with Gasteiger partial charge in [0.25, 0.3) is 0 Å². The van der Waals surface area contributed by atoms with Gasteiger partial charge >= 0.3 is 0 Å². The van der Waals surface area contributed by atoms with Gasteiger partial charge in [0, 0.05) is 0 Å². The van der Waals surface area contributed by atoms with E-state index in [4.69, 9.17) is 33.2 Å². The van der Waals surface area contributed by atoms with Crippen LogP contribution in [0.25, 0.3) is 0 Å². The molecule has 0 aliphatic carbocycles. The molecule has 0 saturated heterocycles. The van der Waals surface area contributed by atoms with Gasteiger partial charge in [0.15, 0.2) is 0 Å². The highest BCUT2D eigenvalue weighted by Crippen LogP contribution is 2.32. The van der Waals surface area contributed by atoms with Gasteiger partial charge < -0.3 is 4.74 Å². The number of nitrogens with zero attached hydrogens (tertiary/aromatic N) is 1. The first-order valence-corrected chi connectivity index (χ1v) is 3.88. The van der Waals surface area contributed by atoms with Crippen molar-refractivity contribution in [3.63, 3.8) is 0 Å². The van der Waals surface area contributed by atoms with Crippen LogP contribution < -0.4 is 4.74 Å². The van der Waals surface area contributed by atoms with Gasteiger partial charge in [0.2, 0.25) is 0 Å². The minimum Gasteiger partial charge on any atom is -0.495 e. The van der Waals surface area contributed by atoms with Crippen LogP contribution in [-0.4, -0.2) is 7.11 Å². The number of hydrogen-bond donors (Lipinski definition) is 0. The van der Waals surface area contributed by atoms with E-state index in [0.29, 0.717) is 10.8 Å². The quantitative estimate of drug-likeness (QED) is 0.701. The summed E-state index contributed by atoms with van der Waals surface area (Å²) in [4.78, 5) is 0. The fourth-order valence-corrected chi connectivity index (χ4v) is 1.33. The molecule has 0 heterocycles. The van der Waals surface area contributed by atoms with Crippen LogP contribution in [-0.2, 0) is 0 Å². The highest BCUT2D eigenvalue weighted by atomic mass is 35.5. The van der Waals surface area contributed by atoms with Crippen LogP contribution in [0.3, 0.4) is 0 Å². The molecule has 62 valence electrons. The minimum absolute atomic E-state index is 0.248. The second kappa shape index (κ2) is 3.66. The molecule has 0 N–H and O–H groups in total. The Morgan fingerprint density at radius 1 is 1.42 bits per heavy atom. The Labute approximate surface area is 80.3 Å². The smallest absolute Gasteiger partial charge is 0.138 e. The predicted octanol–water partition coefficient (Wildman–Crippen LogP) is 2.87. The number of halogens is 2. The van der Waals surface area contributed by atoms with Crippen molar-refractivity contribution in [1.29, 1.82) is 5.26 Å². The topological polar surface area (TPSA) is 33.0 Å². The van der Waals surface area contributed by atoms with Crippen molar-refractivity contribution < 1.29 is 4.74 Å². The molecule has 1 rings (SSSR count). The average molecular weight is 202 g/mol. The van der Waals surface area contributed by atoms with E-state index in [1.54, 1.807) is 12.1 Å². The van der Waals surface area contributed by atoms with Crippen molar-refractivity contribution in [1.82, 2.24) is 0 Å². The number of rotatable bonds is 1. The summed E-state index contributed by atoms with van der Waals surface area (Å²) in [6.45, 7) is 0. The predicted molar refractivity (Wildman–Crippen MR) is 47.7 cm³/mol. The summed E-state index contributed by atoms with van der Waals surface area (Å²) < 4.78 is 4.90. The molecule has 4 heteroatoms. The third-order valence-corrected chi connectivity index (χ3v) is 2.08. The molecule has 0 radical (unpaired) electrons. The SMILES string of the molecule is COc1ccc(Cl)c(C#N)c1Cl. The molecule has 2 nitrogen and oxygen atoms in total. The van der Waals surface area contributed by atoms with E-state index in [1.807, 2.05) is 6.07 Å². The molecule has 0 bridgehead atoms. The Bertz CT molecular complexity index is 344. The first kappa shape index (κ1) is 9.18. The van der Waals surface area contributed by atoms with E-state index >= 15 is 0 Å². The van der Waals surface area contributed by atoms with E-state index in [1.165, 1.54) is 7.11 Å². The Hall–Kier alpha value is -0.910. The zero-order chi connectivity index (χ0) is 9.14. The molecule has 0 aromatic heterocycles. The molecular formula is C8H5Cl2NO. The first-order valence-electron chi connectivity index (χ1n) is 3.12. The molecule has 1 aromatic carbocycles. The maximum Gasteiger partial charge on any atom is 0.138 e. The Morgan fingerprint density at radius 3 is 2.58 bits per heavy atom. The summed E-state index contributed by atoms with van der Waals surface area (Å²) in [5.74, 6) is 0.456. The lowest BCUT2D eigenvalue weighted by Gasteiger charge is -2.04. The second-order valence-corrected chi connectivity index (χ2v) is 2.84. The summed E-state index contributed by atoms with van der Waals surface area (Å²) in [6, 6.07) is 5.09. The Morgan fingerprint density at radius 2 is 2.08 bits per heavy atom. The third kappa shape index (κ3) is 1.47. The van der Waals surface area contributed by atoms with Gasteiger partial charge in [-0.15, -0.1) is 0 Å². The van der Waals surface area contributed by atoms with Gasteiger partial charge in [-0.2, -0.15) is 5.26 Å². The maximum atomic E-state index is 8.64. The molecule has 0 amide bonds. The van der Waals surface area contributed by atoms with Crippen LogP contribution in [0, 0.1) is 11.3 Å². The second-order valence-electron chi connectivity index (χ2n) is 2.05. The average Bonchev–Trinajstić information content (AvgIpc) is 2.06. The zero-order valence-electron chi connectivity index (χ0n) is 6.27. The third-order valence-electron chi connectivity index (χ3n) is 1.39. The zero-order valence-corrected chi connectivity index (χ0v) is 7.78. The van der Waals surface area contributed by atoms with Gasteiger partial charge in [-0.3, -0.25) is 0 Å². The highest BCUT2D eigenvalue weighted by Gasteiger charge is 2.09. The molecule has 0 aliphatic rings. The first-order chi connectivity index (χ1) is 5.70. The summed E-state index contributed by atoms with van der Waals surface area (Å²) in [5.41, 5.74) is 0.248. The Balaban J connectivity index is 3.36. The normalized spacial score (nSPS) is 9.17. The Kier molecular flexibility index (Phi) is 2.80. The molecule has 0 saturated carbocycles. The molecule has 0 aliphatic heterocycles. The fourth-order valence-electron chi connectivity index (χ4n) is 0.794. The molecule has 0 spiro atoms. The standard InChI is InChI=1S/C8H5Cl2NO/c1-12-7-3-2-6(9)5(4-11)8(7)10/h2-3H,1H3. The van der Waals surface area contributed by atoms with Crippen LogP contribution in [0.2, 0.25) is 10.0 Å². The largest absolute Gasteiger partial charge is 0.495 e. The van der Waals surface area contributed by atoms with Gasteiger partial charge in [-0.1, -0.05) is 23.2 Å². The van der Waals surface area contributed by atoms with E-state index in [2.05, 4.69) is 0 Å². The van der Waals surface area contributed by atoms with Crippen molar-refractivity contribution in [2.75, 3.05) is 7.11 Å². The van der Waals surface area contributed by atoms with E-state index in [0.717, 1.165) is 0 Å². The van der Waals surface area contributed by atoms with Crippen molar-refractivity contribution in [2.45, 2.75) is 0 Å². The summed E-state index contributed by atoms with van der Waals surface area (Å²) in [5, 5.41) is 9.24. The maximum absolute atomic E-state index is 8.64. The van der Waals surface area contributed by atoms with E-state index in [-0.39, 0.29) is 10.6 Å². The van der Waals surface area contributed by atoms with E-state index < -0.39 is 0 Å². The number of benzene rings is 1. The van der Waals surface area contributed by atoms with Crippen LogP contribution in [0.4, 0.5) is 0 Å². The van der Waals surface area contributed by atoms with Gasteiger partial charge in [0.05, 0.1) is 17.7 Å². The van der Waals surface area contributed by atoms with Crippen LogP contribution in [0.15, 0.2) is 12.1 Å². The molecular weight excluding hydrogens is 197 g/mol. The van der Waals surface area contributed by atoms with Crippen LogP contribution in [0.1, 0.15) is 5.56 Å². The lowest BCUT2D eigenvalue weighted by molar-refractivity contribution is 0.415. The van der Waals surface area contributed by atoms with Crippen molar-refractivity contribution in [3.8, 4) is 11.8 Å². The highest BCUT2D eigenvalue weighted by molar-refractivity contribution is 6.37. The van der Waals surface area contributed by atoms with Crippen LogP contribution >= 0.6 is 23.2 Å². The van der Waals surface area contributed by atoms with Crippen molar-refractivity contribution in [2.24, 2.45) is 0 Å². The molecule has 1 aromatic rings. The minimum atomic E-state index is 0.248. The van der Waals surface area contributed by atoms with Crippen molar-refractivity contribution in [3.05, 3.63) is 27.7 Å². The number of methoxy groups -OCH3 is 1.